The molecule has 0 radical (unpaired) electrons. The van der Waals surface area contributed by atoms with E-state index < -0.39 is 11.0 Å². The average molecular weight is 610 g/mol. The number of benzene rings is 4. The first-order valence-corrected chi connectivity index (χ1v) is 15.2. The molecule has 0 spiro atoms. The maximum atomic E-state index is 14.5. The second-order valence-corrected chi connectivity index (χ2v) is 12.0. The van der Waals surface area contributed by atoms with E-state index in [4.69, 9.17) is 11.6 Å². The summed E-state index contributed by atoms with van der Waals surface area (Å²) in [6.45, 7) is 4.08. The number of carbonyl (C=O) groups excluding carboxylic acids is 2. The van der Waals surface area contributed by atoms with E-state index in [1.54, 1.807) is 11.0 Å². The Morgan fingerprint density at radius 2 is 1.70 bits per heavy atom. The molecule has 2 amide bonds. The molecule has 0 saturated carbocycles. The Bertz CT molecular complexity index is 1860. The van der Waals surface area contributed by atoms with Gasteiger partial charge in [-0.05, 0) is 67.3 Å². The molecule has 1 aromatic heterocycles. The van der Waals surface area contributed by atoms with Crippen LogP contribution in [0.5, 0.6) is 0 Å². The van der Waals surface area contributed by atoms with E-state index in [1.165, 1.54) is 12.1 Å². The topological polar surface area (TPSA) is 83.8 Å². The van der Waals surface area contributed by atoms with Crippen LogP contribution in [0.1, 0.15) is 57.5 Å². The predicted molar refractivity (Wildman–Crippen MR) is 173 cm³/mol. The Hall–Kier alpha value is -4.53. The minimum Gasteiger partial charge on any atom is -0.305 e. The zero-order valence-corrected chi connectivity index (χ0v) is 25.1. The van der Waals surface area contributed by atoms with Crippen molar-refractivity contribution in [3.63, 3.8) is 0 Å². The summed E-state index contributed by atoms with van der Waals surface area (Å²) >= 11 is 7.92. The Labute approximate surface area is 258 Å². The molecule has 1 aliphatic heterocycles. The number of carbonyl (C=O) groups is 2. The highest BCUT2D eigenvalue weighted by atomic mass is 35.5. The molecule has 216 valence electrons. The van der Waals surface area contributed by atoms with Crippen LogP contribution in [0, 0.1) is 10.1 Å². The number of rotatable bonds is 6. The van der Waals surface area contributed by atoms with Gasteiger partial charge in [-0.3, -0.25) is 24.6 Å². The summed E-state index contributed by atoms with van der Waals surface area (Å²) in [5.41, 5.74) is 4.00. The van der Waals surface area contributed by atoms with Gasteiger partial charge in [0.15, 0.2) is 0 Å². The first-order chi connectivity index (χ1) is 20.8. The molecule has 0 aliphatic carbocycles. The van der Waals surface area contributed by atoms with E-state index in [0.29, 0.717) is 32.6 Å². The van der Waals surface area contributed by atoms with Gasteiger partial charge in [-0.2, -0.15) is 0 Å². The van der Waals surface area contributed by atoms with Gasteiger partial charge in [-0.1, -0.05) is 67.1 Å². The number of aryl methyl sites for hydroxylation is 1. The number of nitro benzene ring substituents is 1. The fourth-order valence-electron chi connectivity index (χ4n) is 5.80. The second-order valence-electron chi connectivity index (χ2n) is 10.6. The highest BCUT2D eigenvalue weighted by molar-refractivity contribution is 7.21. The van der Waals surface area contributed by atoms with Gasteiger partial charge >= 0.3 is 0 Å². The molecule has 0 fully saturated rings. The first-order valence-electron chi connectivity index (χ1n) is 14.0. The lowest BCUT2D eigenvalue weighted by atomic mass is 9.89. The quantitative estimate of drug-likeness (QED) is 0.142. The minimum absolute atomic E-state index is 0.0616. The van der Waals surface area contributed by atoms with Crippen LogP contribution in [0.4, 0.5) is 17.1 Å². The van der Waals surface area contributed by atoms with Crippen LogP contribution in [0.2, 0.25) is 5.02 Å². The molecule has 6 rings (SSSR count). The standard InChI is InChI=1S/C34H28ClN3O4S/c1-3-22-13-15-23(16-14-22)33(39)36-21(2)19-29(26-11-7-8-12-28(26)36)37(24-9-5-4-6-10-24)34(40)32-31(35)27-18-17-25(38(41)42)20-30(27)43-32/h4-18,20-21,29H,3,19H2,1-2H3/t21-,29-/m1/s1. The van der Waals surface area contributed by atoms with Gasteiger partial charge in [0.2, 0.25) is 0 Å². The predicted octanol–water partition coefficient (Wildman–Crippen LogP) is 8.85. The summed E-state index contributed by atoms with van der Waals surface area (Å²) in [7, 11) is 0. The zero-order chi connectivity index (χ0) is 30.2. The molecule has 5 aromatic rings. The van der Waals surface area contributed by atoms with Crippen molar-refractivity contribution in [2.24, 2.45) is 0 Å². The number of anilines is 2. The summed E-state index contributed by atoms with van der Waals surface area (Å²) in [5, 5.41) is 12.2. The van der Waals surface area contributed by atoms with Crippen molar-refractivity contribution in [1.82, 2.24) is 0 Å². The van der Waals surface area contributed by atoms with Crippen molar-refractivity contribution in [2.75, 3.05) is 9.80 Å². The smallest absolute Gasteiger partial charge is 0.270 e. The number of thiophene rings is 1. The van der Waals surface area contributed by atoms with Gasteiger partial charge < -0.3 is 4.90 Å². The summed E-state index contributed by atoms with van der Waals surface area (Å²) < 4.78 is 0.568. The largest absolute Gasteiger partial charge is 0.305 e. The lowest BCUT2D eigenvalue weighted by molar-refractivity contribution is -0.384. The van der Waals surface area contributed by atoms with Gasteiger partial charge in [0.1, 0.15) is 4.88 Å². The molecule has 2 heterocycles. The number of hydrogen-bond donors (Lipinski definition) is 0. The van der Waals surface area contributed by atoms with E-state index in [-0.39, 0.29) is 28.6 Å². The van der Waals surface area contributed by atoms with Gasteiger partial charge in [0.25, 0.3) is 17.5 Å². The minimum atomic E-state index is -0.462. The van der Waals surface area contributed by atoms with Gasteiger partial charge in [0.05, 0.1) is 16.0 Å². The molecule has 0 saturated heterocycles. The number of para-hydroxylation sites is 2. The van der Waals surface area contributed by atoms with Crippen LogP contribution in [0.3, 0.4) is 0 Å². The van der Waals surface area contributed by atoms with Crippen molar-refractivity contribution >= 4 is 61.9 Å². The van der Waals surface area contributed by atoms with Crippen LogP contribution < -0.4 is 9.80 Å². The van der Waals surface area contributed by atoms with E-state index in [0.717, 1.165) is 34.6 Å². The van der Waals surface area contributed by atoms with Crippen LogP contribution in [0.15, 0.2) is 97.1 Å². The summed E-state index contributed by atoms with van der Waals surface area (Å²) in [6, 6.07) is 28.6. The Balaban J connectivity index is 1.45. The second kappa shape index (κ2) is 11.6. The molecular formula is C34H28ClN3O4S. The number of amides is 2. The fourth-order valence-corrected chi connectivity index (χ4v) is 7.28. The third-order valence-corrected chi connectivity index (χ3v) is 9.62. The third-order valence-electron chi connectivity index (χ3n) is 7.97. The first kappa shape index (κ1) is 28.6. The lowest BCUT2D eigenvalue weighted by Crippen LogP contribution is -2.47. The SMILES string of the molecule is CCc1ccc(C(=O)N2c3ccccc3[C@H](N(C(=O)c3sc4cc([N+](=O)[O-])ccc4c3Cl)c3ccccc3)C[C@H]2C)cc1. The molecule has 4 aromatic carbocycles. The molecule has 0 unspecified atom stereocenters. The molecule has 7 nitrogen and oxygen atoms in total. The van der Waals surface area contributed by atoms with E-state index in [2.05, 4.69) is 6.92 Å². The molecule has 1 aliphatic rings. The highest BCUT2D eigenvalue weighted by Gasteiger charge is 2.40. The Morgan fingerprint density at radius 3 is 2.40 bits per heavy atom. The van der Waals surface area contributed by atoms with E-state index >= 15 is 0 Å². The van der Waals surface area contributed by atoms with Crippen molar-refractivity contribution in [3.05, 3.63) is 134 Å². The Kier molecular flexibility index (Phi) is 7.73. The maximum Gasteiger partial charge on any atom is 0.270 e. The van der Waals surface area contributed by atoms with Gasteiger partial charge in [-0.15, -0.1) is 11.3 Å². The van der Waals surface area contributed by atoms with Crippen molar-refractivity contribution in [3.8, 4) is 0 Å². The normalized spacial score (nSPS) is 16.1. The maximum absolute atomic E-state index is 14.5. The summed E-state index contributed by atoms with van der Waals surface area (Å²) in [4.78, 5) is 43.2. The Morgan fingerprint density at radius 1 is 1.00 bits per heavy atom. The average Bonchev–Trinajstić information content (AvgIpc) is 3.37. The summed E-state index contributed by atoms with van der Waals surface area (Å²) in [5.74, 6) is -0.394. The molecule has 9 heteroatoms. The number of non-ortho nitro benzene ring substituents is 1. The van der Waals surface area contributed by atoms with Crippen LogP contribution >= 0.6 is 22.9 Å². The third kappa shape index (κ3) is 5.17. The van der Waals surface area contributed by atoms with E-state index in [1.807, 2.05) is 90.7 Å². The molecule has 0 bridgehead atoms. The molecular weight excluding hydrogens is 582 g/mol. The van der Waals surface area contributed by atoms with E-state index in [9.17, 15) is 19.7 Å². The lowest BCUT2D eigenvalue weighted by Gasteiger charge is -2.43. The summed E-state index contributed by atoms with van der Waals surface area (Å²) in [6.07, 6.45) is 1.38. The molecule has 0 N–H and O–H groups in total. The number of hydrogen-bond acceptors (Lipinski definition) is 5. The van der Waals surface area contributed by atoms with Crippen molar-refractivity contribution in [2.45, 2.75) is 38.8 Å². The van der Waals surface area contributed by atoms with Crippen molar-refractivity contribution in [1.29, 1.82) is 0 Å². The molecule has 43 heavy (non-hydrogen) atoms. The monoisotopic (exact) mass is 609 g/mol. The molecule has 2 atom stereocenters. The zero-order valence-electron chi connectivity index (χ0n) is 23.6. The van der Waals surface area contributed by atoms with Crippen LogP contribution in [-0.2, 0) is 6.42 Å². The number of nitro groups is 1. The number of nitrogens with zero attached hydrogens (tertiary/aromatic N) is 3. The van der Waals surface area contributed by atoms with Crippen molar-refractivity contribution < 1.29 is 14.5 Å². The highest BCUT2D eigenvalue weighted by Crippen LogP contribution is 2.45. The number of halogens is 1. The fraction of sp³-hybridized carbons (Fsp3) is 0.176. The van der Waals surface area contributed by atoms with Crippen LogP contribution in [-0.4, -0.2) is 22.8 Å². The van der Waals surface area contributed by atoms with Gasteiger partial charge in [0, 0.05) is 45.2 Å². The van der Waals surface area contributed by atoms with Gasteiger partial charge in [-0.25, -0.2) is 0 Å². The number of fused-ring (bicyclic) bond motifs is 2. The van der Waals surface area contributed by atoms with Crippen LogP contribution in [0.25, 0.3) is 10.1 Å².